The fraction of sp³-hybridized carbons (Fsp3) is 0.700. The Labute approximate surface area is 75.5 Å². The van der Waals surface area contributed by atoms with Crippen molar-refractivity contribution in [2.75, 3.05) is 5.75 Å². The highest BCUT2D eigenvalue weighted by atomic mass is 32.2. The van der Waals surface area contributed by atoms with Crippen LogP contribution in [0.3, 0.4) is 0 Å². The minimum Gasteiger partial charge on any atom is -0.158 e. The number of hydrogen-bond donors (Lipinski definition) is 0. The predicted octanol–water partition coefficient (Wildman–Crippen LogP) is 4.04. The van der Waals surface area contributed by atoms with E-state index in [1.165, 1.54) is 37.9 Å². The Morgan fingerprint density at radius 2 is 1.91 bits per heavy atom. The van der Waals surface area contributed by atoms with Crippen molar-refractivity contribution < 1.29 is 0 Å². The molecule has 0 aliphatic heterocycles. The Morgan fingerprint density at radius 1 is 1.18 bits per heavy atom. The van der Waals surface area contributed by atoms with Gasteiger partial charge in [-0.05, 0) is 25.0 Å². The molecule has 0 atom stereocenters. The lowest BCUT2D eigenvalue weighted by molar-refractivity contribution is 0.679. The van der Waals surface area contributed by atoms with Crippen molar-refractivity contribution in [1.29, 1.82) is 0 Å². The average Bonchev–Trinajstić information content (AvgIpc) is 2.03. The molecule has 0 aliphatic carbocycles. The van der Waals surface area contributed by atoms with E-state index in [1.807, 2.05) is 17.8 Å². The third-order valence-corrected chi connectivity index (χ3v) is 2.44. The maximum absolute atomic E-state index is 3.70. The number of unbranched alkanes of at least 4 members (excludes halogenated alkanes) is 4. The quantitative estimate of drug-likeness (QED) is 0.392. The largest absolute Gasteiger partial charge is 0.158 e. The van der Waals surface area contributed by atoms with Gasteiger partial charge in [-0.3, -0.25) is 0 Å². The van der Waals surface area contributed by atoms with Crippen LogP contribution in [0, 0.1) is 5.75 Å². The molecule has 1 heteroatoms. The molecule has 1 radical (unpaired) electrons. The van der Waals surface area contributed by atoms with Gasteiger partial charge in [0.1, 0.15) is 0 Å². The van der Waals surface area contributed by atoms with Crippen LogP contribution in [0.25, 0.3) is 0 Å². The Hall–Kier alpha value is 0.0900. The second-order valence-electron chi connectivity index (χ2n) is 2.60. The molecule has 0 heterocycles. The van der Waals surface area contributed by atoms with E-state index < -0.39 is 0 Å². The molecule has 0 aromatic heterocycles. The molecule has 0 saturated heterocycles. The van der Waals surface area contributed by atoms with Gasteiger partial charge in [-0.25, -0.2) is 0 Å². The molecule has 65 valence electrons. The summed E-state index contributed by atoms with van der Waals surface area (Å²) in [6, 6.07) is 0. The van der Waals surface area contributed by atoms with Crippen LogP contribution in [0.2, 0.25) is 0 Å². The summed E-state index contributed by atoms with van der Waals surface area (Å²) < 4.78 is 0. The van der Waals surface area contributed by atoms with E-state index in [0.29, 0.717) is 0 Å². The highest BCUT2D eigenvalue weighted by Gasteiger charge is 1.88. The number of rotatable bonds is 8. The third-order valence-electron chi connectivity index (χ3n) is 1.59. The Kier molecular flexibility index (Phi) is 10.2. The predicted molar refractivity (Wildman–Crippen MR) is 55.7 cm³/mol. The van der Waals surface area contributed by atoms with Gasteiger partial charge in [-0.15, -0.1) is 6.58 Å². The summed E-state index contributed by atoms with van der Waals surface area (Å²) in [5.41, 5.74) is 0. The molecule has 0 aromatic carbocycles. The second kappa shape index (κ2) is 10.1. The smallest absolute Gasteiger partial charge is 0.0135 e. The van der Waals surface area contributed by atoms with E-state index >= 15 is 0 Å². The molecule has 0 aliphatic rings. The molecule has 0 bridgehead atoms. The normalized spacial score (nSPS) is 9.91. The molecule has 0 amide bonds. The summed E-state index contributed by atoms with van der Waals surface area (Å²) >= 11 is 1.93. The average molecular weight is 171 g/mol. The van der Waals surface area contributed by atoms with Gasteiger partial charge in [0, 0.05) is 5.75 Å². The summed E-state index contributed by atoms with van der Waals surface area (Å²) in [6.07, 6.45) is 8.64. The topological polar surface area (TPSA) is 0 Å². The maximum Gasteiger partial charge on any atom is 0.0135 e. The first-order valence-corrected chi connectivity index (χ1v) is 5.47. The molecule has 0 nitrogen and oxygen atoms in total. The highest BCUT2D eigenvalue weighted by Crippen LogP contribution is 2.10. The van der Waals surface area contributed by atoms with Gasteiger partial charge < -0.3 is 0 Å². The van der Waals surface area contributed by atoms with Crippen molar-refractivity contribution >= 4 is 11.8 Å². The van der Waals surface area contributed by atoms with Gasteiger partial charge in [0.25, 0.3) is 0 Å². The van der Waals surface area contributed by atoms with Gasteiger partial charge in [-0.2, -0.15) is 11.8 Å². The molecule has 0 rings (SSSR count). The van der Waals surface area contributed by atoms with E-state index in [9.17, 15) is 0 Å². The first-order chi connectivity index (χ1) is 5.41. The van der Waals surface area contributed by atoms with E-state index in [-0.39, 0.29) is 0 Å². The Bertz CT molecular complexity index is 78.9. The molecule has 0 unspecified atom stereocenters. The molecule has 0 spiro atoms. The zero-order valence-corrected chi connectivity index (χ0v) is 8.33. The molecule has 0 N–H and O–H groups in total. The van der Waals surface area contributed by atoms with Crippen molar-refractivity contribution in [3.8, 4) is 0 Å². The van der Waals surface area contributed by atoms with Crippen LogP contribution in [0.1, 0.15) is 39.0 Å². The zero-order chi connectivity index (χ0) is 8.36. The molecule has 0 fully saturated rings. The van der Waals surface area contributed by atoms with Crippen LogP contribution in [0.15, 0.2) is 12.7 Å². The highest BCUT2D eigenvalue weighted by molar-refractivity contribution is 8.01. The van der Waals surface area contributed by atoms with Gasteiger partial charge >= 0.3 is 0 Å². The molecule has 0 saturated carbocycles. The molecular formula is C10H19S. The summed E-state index contributed by atoms with van der Waals surface area (Å²) in [7, 11) is 0. The fourth-order valence-corrected chi connectivity index (χ4v) is 1.55. The summed E-state index contributed by atoms with van der Waals surface area (Å²) in [6.45, 7) is 5.80. The van der Waals surface area contributed by atoms with Gasteiger partial charge in [0.15, 0.2) is 0 Å². The number of hydrogen-bond acceptors (Lipinski definition) is 1. The van der Waals surface area contributed by atoms with Crippen molar-refractivity contribution in [1.82, 2.24) is 0 Å². The van der Waals surface area contributed by atoms with Gasteiger partial charge in [0.05, 0.1) is 0 Å². The summed E-state index contributed by atoms with van der Waals surface area (Å²) in [5.74, 6) is 3.47. The van der Waals surface area contributed by atoms with Gasteiger partial charge in [-0.1, -0.05) is 25.8 Å². The third kappa shape index (κ3) is 10.1. The first kappa shape index (κ1) is 11.1. The minimum atomic E-state index is 1.19. The van der Waals surface area contributed by atoms with Crippen molar-refractivity contribution in [3.63, 3.8) is 0 Å². The Morgan fingerprint density at radius 3 is 2.55 bits per heavy atom. The lowest BCUT2D eigenvalue weighted by atomic mass is 10.2. The fourth-order valence-electron chi connectivity index (χ4n) is 0.945. The molecule has 0 aromatic rings. The Balaban J connectivity index is 2.74. The number of thioether (sulfide) groups is 1. The number of allylic oxidation sites excluding steroid dienone is 1. The van der Waals surface area contributed by atoms with Gasteiger partial charge in [0.2, 0.25) is 0 Å². The minimum absolute atomic E-state index is 1.19. The second-order valence-corrected chi connectivity index (χ2v) is 3.81. The standard InChI is InChI=1S/C10H19S/c1-3-5-6-7-8-9-10-11-4-2/h3-4H,1,5-10H2,2H3. The SMILES string of the molecule is C=CCCCCCCS[CH]C. The van der Waals surface area contributed by atoms with Crippen molar-refractivity contribution in [2.45, 2.75) is 39.0 Å². The van der Waals surface area contributed by atoms with Crippen LogP contribution in [0.4, 0.5) is 0 Å². The molecule has 11 heavy (non-hydrogen) atoms. The van der Waals surface area contributed by atoms with Crippen LogP contribution in [-0.2, 0) is 0 Å². The molecular weight excluding hydrogens is 152 g/mol. The first-order valence-electron chi connectivity index (χ1n) is 4.42. The van der Waals surface area contributed by atoms with Crippen LogP contribution < -0.4 is 0 Å². The van der Waals surface area contributed by atoms with Crippen LogP contribution >= 0.6 is 11.8 Å². The van der Waals surface area contributed by atoms with Crippen molar-refractivity contribution in [3.05, 3.63) is 18.4 Å². The lowest BCUT2D eigenvalue weighted by Gasteiger charge is -1.97. The van der Waals surface area contributed by atoms with E-state index in [0.717, 1.165) is 0 Å². The van der Waals surface area contributed by atoms with E-state index in [4.69, 9.17) is 0 Å². The summed E-state index contributed by atoms with van der Waals surface area (Å²) in [4.78, 5) is 0. The van der Waals surface area contributed by atoms with E-state index in [2.05, 4.69) is 19.3 Å². The lowest BCUT2D eigenvalue weighted by Crippen LogP contribution is -1.80. The monoisotopic (exact) mass is 171 g/mol. The van der Waals surface area contributed by atoms with Crippen molar-refractivity contribution in [2.24, 2.45) is 0 Å². The van der Waals surface area contributed by atoms with E-state index in [1.54, 1.807) is 0 Å². The maximum atomic E-state index is 3.70. The summed E-state index contributed by atoms with van der Waals surface area (Å²) in [5, 5.41) is 0. The van der Waals surface area contributed by atoms with Crippen LogP contribution in [0.5, 0.6) is 0 Å². The zero-order valence-electron chi connectivity index (χ0n) is 7.51. The van der Waals surface area contributed by atoms with Crippen LogP contribution in [-0.4, -0.2) is 5.75 Å².